The molecule has 0 saturated carbocycles. The molecule has 22 heavy (non-hydrogen) atoms. The first-order chi connectivity index (χ1) is 10.6. The minimum atomic E-state index is -0.170. The van der Waals surface area contributed by atoms with Crippen molar-refractivity contribution in [2.75, 3.05) is 26.2 Å². The standard InChI is InChI=1S/C16H20N2O2.C2H6/c1-3-15(19)18-10-9-17(16(20)12-18)8-7-14-6-4-5-13(2)11-14;1-2/h3-6,11H,1,7-10,12H2,2H3;1-2H3. The van der Waals surface area contributed by atoms with Gasteiger partial charge in [0, 0.05) is 19.6 Å². The Kier molecular flexibility index (Phi) is 7.37. The molecule has 1 aromatic carbocycles. The van der Waals surface area contributed by atoms with E-state index < -0.39 is 0 Å². The molecule has 0 bridgehead atoms. The van der Waals surface area contributed by atoms with Crippen LogP contribution in [0.4, 0.5) is 0 Å². The fourth-order valence-electron chi connectivity index (χ4n) is 2.39. The third-order valence-electron chi connectivity index (χ3n) is 3.56. The topological polar surface area (TPSA) is 40.6 Å². The van der Waals surface area contributed by atoms with Crippen molar-refractivity contribution >= 4 is 11.8 Å². The van der Waals surface area contributed by atoms with E-state index in [1.54, 1.807) is 4.90 Å². The summed E-state index contributed by atoms with van der Waals surface area (Å²) < 4.78 is 0. The van der Waals surface area contributed by atoms with E-state index in [0.29, 0.717) is 19.6 Å². The van der Waals surface area contributed by atoms with Crippen LogP contribution in [0.2, 0.25) is 0 Å². The monoisotopic (exact) mass is 302 g/mol. The van der Waals surface area contributed by atoms with Gasteiger partial charge in [0.1, 0.15) is 6.54 Å². The quantitative estimate of drug-likeness (QED) is 0.802. The van der Waals surface area contributed by atoms with Crippen LogP contribution in [0.3, 0.4) is 0 Å². The third-order valence-corrected chi connectivity index (χ3v) is 3.56. The number of benzene rings is 1. The second kappa shape index (κ2) is 9.03. The minimum Gasteiger partial charge on any atom is -0.339 e. The van der Waals surface area contributed by atoms with Gasteiger partial charge in [-0.1, -0.05) is 50.3 Å². The number of amides is 2. The molecule has 2 rings (SSSR count). The van der Waals surface area contributed by atoms with Gasteiger partial charge in [0.05, 0.1) is 0 Å². The van der Waals surface area contributed by atoms with Crippen molar-refractivity contribution in [3.05, 3.63) is 48.0 Å². The summed E-state index contributed by atoms with van der Waals surface area (Å²) in [5, 5.41) is 0. The second-order valence-electron chi connectivity index (χ2n) is 5.08. The molecule has 0 aromatic heterocycles. The Morgan fingerprint density at radius 3 is 2.64 bits per heavy atom. The molecule has 1 aliphatic heterocycles. The van der Waals surface area contributed by atoms with Crippen molar-refractivity contribution in [1.29, 1.82) is 0 Å². The fraction of sp³-hybridized carbons (Fsp3) is 0.444. The smallest absolute Gasteiger partial charge is 0.246 e. The van der Waals surface area contributed by atoms with Gasteiger partial charge in [0.2, 0.25) is 11.8 Å². The summed E-state index contributed by atoms with van der Waals surface area (Å²) in [6.07, 6.45) is 2.11. The van der Waals surface area contributed by atoms with Crippen molar-refractivity contribution in [2.24, 2.45) is 0 Å². The summed E-state index contributed by atoms with van der Waals surface area (Å²) in [6, 6.07) is 8.32. The summed E-state index contributed by atoms with van der Waals surface area (Å²) in [5.74, 6) is -0.157. The highest BCUT2D eigenvalue weighted by Crippen LogP contribution is 2.08. The third kappa shape index (κ3) is 5.02. The maximum atomic E-state index is 12.0. The molecule has 4 heteroatoms. The molecule has 1 aliphatic rings. The maximum absolute atomic E-state index is 12.0. The van der Waals surface area contributed by atoms with Gasteiger partial charge in [-0.25, -0.2) is 0 Å². The zero-order valence-corrected chi connectivity index (χ0v) is 13.8. The van der Waals surface area contributed by atoms with Gasteiger partial charge >= 0.3 is 0 Å². The lowest BCUT2D eigenvalue weighted by atomic mass is 10.1. The Hall–Kier alpha value is -2.10. The molecule has 0 aliphatic carbocycles. The van der Waals surface area contributed by atoms with Crippen LogP contribution in [0.15, 0.2) is 36.9 Å². The maximum Gasteiger partial charge on any atom is 0.246 e. The van der Waals surface area contributed by atoms with Gasteiger partial charge in [-0.3, -0.25) is 9.59 Å². The molecule has 1 aromatic rings. The van der Waals surface area contributed by atoms with Gasteiger partial charge < -0.3 is 9.80 Å². The molecule has 0 N–H and O–H groups in total. The second-order valence-corrected chi connectivity index (χ2v) is 5.08. The van der Waals surface area contributed by atoms with Crippen molar-refractivity contribution in [1.82, 2.24) is 9.80 Å². The SMILES string of the molecule is C=CC(=O)N1CCN(CCc2cccc(C)c2)C(=O)C1.CC. The summed E-state index contributed by atoms with van der Waals surface area (Å²) in [7, 11) is 0. The Morgan fingerprint density at radius 2 is 2.05 bits per heavy atom. The van der Waals surface area contributed by atoms with Crippen LogP contribution >= 0.6 is 0 Å². The van der Waals surface area contributed by atoms with Gasteiger partial charge in [-0.2, -0.15) is 0 Å². The minimum absolute atomic E-state index is 0.0131. The Labute approximate surface area is 133 Å². The van der Waals surface area contributed by atoms with Crippen molar-refractivity contribution in [2.45, 2.75) is 27.2 Å². The highest BCUT2D eigenvalue weighted by atomic mass is 16.2. The van der Waals surface area contributed by atoms with Crippen LogP contribution in [0.5, 0.6) is 0 Å². The van der Waals surface area contributed by atoms with E-state index in [1.165, 1.54) is 17.2 Å². The summed E-state index contributed by atoms with van der Waals surface area (Å²) in [5.41, 5.74) is 2.47. The van der Waals surface area contributed by atoms with Crippen molar-refractivity contribution in [3.63, 3.8) is 0 Å². The lowest BCUT2D eigenvalue weighted by Gasteiger charge is -2.33. The van der Waals surface area contributed by atoms with E-state index in [2.05, 4.69) is 31.7 Å². The summed E-state index contributed by atoms with van der Waals surface area (Å²) >= 11 is 0. The lowest BCUT2D eigenvalue weighted by molar-refractivity contribution is -0.142. The van der Waals surface area contributed by atoms with Crippen LogP contribution in [-0.2, 0) is 16.0 Å². The molecular weight excluding hydrogens is 276 g/mol. The normalized spacial score (nSPS) is 14.2. The van der Waals surface area contributed by atoms with E-state index in [0.717, 1.165) is 6.42 Å². The molecular formula is C18H26N2O2. The van der Waals surface area contributed by atoms with Crippen LogP contribution < -0.4 is 0 Å². The fourth-order valence-corrected chi connectivity index (χ4v) is 2.39. The van der Waals surface area contributed by atoms with E-state index in [-0.39, 0.29) is 18.4 Å². The molecule has 0 spiro atoms. The Morgan fingerprint density at radius 1 is 1.32 bits per heavy atom. The molecule has 0 unspecified atom stereocenters. The first kappa shape index (κ1) is 18.0. The Bertz CT molecular complexity index is 526. The first-order valence-electron chi connectivity index (χ1n) is 7.85. The number of aryl methyl sites for hydroxylation is 1. The van der Waals surface area contributed by atoms with E-state index in [1.807, 2.05) is 24.8 Å². The lowest BCUT2D eigenvalue weighted by Crippen LogP contribution is -2.52. The largest absolute Gasteiger partial charge is 0.339 e. The van der Waals surface area contributed by atoms with Crippen LogP contribution in [-0.4, -0.2) is 47.8 Å². The van der Waals surface area contributed by atoms with E-state index in [9.17, 15) is 9.59 Å². The van der Waals surface area contributed by atoms with Gasteiger partial charge in [0.15, 0.2) is 0 Å². The van der Waals surface area contributed by atoms with Gasteiger partial charge in [0.25, 0.3) is 0 Å². The molecule has 2 amide bonds. The van der Waals surface area contributed by atoms with Crippen LogP contribution in [0.1, 0.15) is 25.0 Å². The number of piperazine rings is 1. The number of hydrogen-bond donors (Lipinski definition) is 0. The zero-order chi connectivity index (χ0) is 16.5. The average Bonchev–Trinajstić information content (AvgIpc) is 2.55. The summed E-state index contributed by atoms with van der Waals surface area (Å²) in [4.78, 5) is 26.9. The molecule has 120 valence electrons. The number of carbonyl (C=O) groups excluding carboxylic acids is 2. The Balaban J connectivity index is 0.00000116. The number of hydrogen-bond acceptors (Lipinski definition) is 2. The van der Waals surface area contributed by atoms with E-state index >= 15 is 0 Å². The van der Waals surface area contributed by atoms with Crippen LogP contribution in [0.25, 0.3) is 0 Å². The molecule has 0 radical (unpaired) electrons. The predicted octanol–water partition coefficient (Wildman–Crippen LogP) is 2.42. The number of nitrogens with zero attached hydrogens (tertiary/aromatic N) is 2. The molecule has 0 atom stereocenters. The number of carbonyl (C=O) groups is 2. The highest BCUT2D eigenvalue weighted by Gasteiger charge is 2.25. The van der Waals surface area contributed by atoms with Gasteiger partial charge in [-0.15, -0.1) is 0 Å². The first-order valence-corrected chi connectivity index (χ1v) is 7.85. The predicted molar refractivity (Wildman–Crippen MR) is 89.6 cm³/mol. The molecule has 1 heterocycles. The summed E-state index contributed by atoms with van der Waals surface area (Å²) in [6.45, 7) is 11.6. The zero-order valence-electron chi connectivity index (χ0n) is 13.8. The van der Waals surface area contributed by atoms with Crippen LogP contribution in [0, 0.1) is 6.92 Å². The molecule has 4 nitrogen and oxygen atoms in total. The molecule has 1 fully saturated rings. The van der Waals surface area contributed by atoms with Crippen molar-refractivity contribution < 1.29 is 9.59 Å². The van der Waals surface area contributed by atoms with Gasteiger partial charge in [-0.05, 0) is 25.0 Å². The average molecular weight is 302 g/mol. The highest BCUT2D eigenvalue weighted by molar-refractivity contribution is 5.91. The van der Waals surface area contributed by atoms with E-state index in [4.69, 9.17) is 0 Å². The molecule has 1 saturated heterocycles. The number of rotatable bonds is 4. The van der Waals surface area contributed by atoms with Crippen molar-refractivity contribution in [3.8, 4) is 0 Å².